The van der Waals surface area contributed by atoms with Gasteiger partial charge in [-0.15, -0.1) is 0 Å². The quantitative estimate of drug-likeness (QED) is 0.858. The average molecular weight is 219 g/mol. The second-order valence-electron chi connectivity index (χ2n) is 3.95. The van der Waals surface area contributed by atoms with Crippen LogP contribution in [0.5, 0.6) is 0 Å². The van der Waals surface area contributed by atoms with E-state index in [1.165, 1.54) is 0 Å². The fourth-order valence-corrected chi connectivity index (χ4v) is 1.78. The van der Waals surface area contributed by atoms with Gasteiger partial charge in [-0.3, -0.25) is 0 Å². The van der Waals surface area contributed by atoms with Crippen molar-refractivity contribution < 1.29 is 4.42 Å². The standard InChI is InChI=1S/C12H17N3O/c1-8-5-6-11(16-8)12-10(7-13-3)15(4)9(2)14-12/h5-6,13H,7H2,1-4H3. The molecule has 2 aromatic rings. The van der Waals surface area contributed by atoms with Crippen LogP contribution in [0.4, 0.5) is 0 Å². The SMILES string of the molecule is CNCc1c(-c2ccc(C)o2)nc(C)n1C. The van der Waals surface area contributed by atoms with Gasteiger partial charge in [-0.2, -0.15) is 0 Å². The molecule has 0 atom stereocenters. The molecule has 4 nitrogen and oxygen atoms in total. The molecule has 0 spiro atoms. The first-order valence-corrected chi connectivity index (χ1v) is 5.37. The van der Waals surface area contributed by atoms with Gasteiger partial charge in [0, 0.05) is 13.6 Å². The maximum atomic E-state index is 5.62. The lowest BCUT2D eigenvalue weighted by Gasteiger charge is -2.04. The number of aromatic nitrogens is 2. The fourth-order valence-electron chi connectivity index (χ4n) is 1.78. The molecule has 86 valence electrons. The molecular formula is C12H17N3O. The molecule has 2 rings (SSSR count). The Labute approximate surface area is 95.3 Å². The van der Waals surface area contributed by atoms with Crippen LogP contribution in [-0.2, 0) is 13.6 Å². The van der Waals surface area contributed by atoms with E-state index in [9.17, 15) is 0 Å². The van der Waals surface area contributed by atoms with Crippen molar-refractivity contribution in [1.29, 1.82) is 0 Å². The van der Waals surface area contributed by atoms with E-state index in [4.69, 9.17) is 4.42 Å². The van der Waals surface area contributed by atoms with Gasteiger partial charge in [-0.05, 0) is 33.0 Å². The molecule has 0 aliphatic carbocycles. The predicted molar refractivity (Wildman–Crippen MR) is 63.1 cm³/mol. The number of hydrogen-bond acceptors (Lipinski definition) is 3. The van der Waals surface area contributed by atoms with Crippen molar-refractivity contribution in [2.75, 3.05) is 7.05 Å². The van der Waals surface area contributed by atoms with Crippen LogP contribution in [0.3, 0.4) is 0 Å². The summed E-state index contributed by atoms with van der Waals surface area (Å²) in [6.07, 6.45) is 0. The molecular weight excluding hydrogens is 202 g/mol. The van der Waals surface area contributed by atoms with E-state index in [1.54, 1.807) is 0 Å². The van der Waals surface area contributed by atoms with Gasteiger partial charge < -0.3 is 14.3 Å². The zero-order chi connectivity index (χ0) is 11.7. The van der Waals surface area contributed by atoms with Crippen molar-refractivity contribution in [3.05, 3.63) is 29.4 Å². The first-order valence-electron chi connectivity index (χ1n) is 5.37. The van der Waals surface area contributed by atoms with Gasteiger partial charge in [-0.1, -0.05) is 0 Å². The number of furan rings is 1. The summed E-state index contributed by atoms with van der Waals surface area (Å²) in [7, 11) is 3.95. The summed E-state index contributed by atoms with van der Waals surface area (Å²) < 4.78 is 7.71. The third-order valence-corrected chi connectivity index (χ3v) is 2.76. The highest BCUT2D eigenvalue weighted by Gasteiger charge is 2.15. The predicted octanol–water partition coefficient (Wildman–Crippen LogP) is 2.02. The van der Waals surface area contributed by atoms with Crippen LogP contribution in [-0.4, -0.2) is 16.6 Å². The van der Waals surface area contributed by atoms with Crippen molar-refractivity contribution in [3.63, 3.8) is 0 Å². The largest absolute Gasteiger partial charge is 0.460 e. The summed E-state index contributed by atoms with van der Waals surface area (Å²) in [4.78, 5) is 4.54. The minimum atomic E-state index is 0.784. The van der Waals surface area contributed by atoms with Crippen LogP contribution in [0.1, 0.15) is 17.3 Å². The molecule has 4 heteroatoms. The highest BCUT2D eigenvalue weighted by Crippen LogP contribution is 2.25. The monoisotopic (exact) mass is 219 g/mol. The Balaban J connectivity index is 2.51. The van der Waals surface area contributed by atoms with E-state index in [1.807, 2.05) is 40.1 Å². The summed E-state index contributed by atoms with van der Waals surface area (Å²) in [6, 6.07) is 3.93. The van der Waals surface area contributed by atoms with E-state index in [2.05, 4.69) is 14.9 Å². The van der Waals surface area contributed by atoms with Crippen LogP contribution in [0.25, 0.3) is 11.5 Å². The highest BCUT2D eigenvalue weighted by atomic mass is 16.3. The lowest BCUT2D eigenvalue weighted by molar-refractivity contribution is 0.545. The number of nitrogens with zero attached hydrogens (tertiary/aromatic N) is 2. The second kappa shape index (κ2) is 4.14. The van der Waals surface area contributed by atoms with E-state index in [0.717, 1.165) is 35.3 Å². The first-order chi connectivity index (χ1) is 7.63. The lowest BCUT2D eigenvalue weighted by Crippen LogP contribution is -2.10. The Hall–Kier alpha value is -1.55. The molecule has 0 unspecified atom stereocenters. The van der Waals surface area contributed by atoms with Gasteiger partial charge in [0.1, 0.15) is 17.3 Å². The number of nitrogens with one attached hydrogen (secondary N) is 1. The molecule has 16 heavy (non-hydrogen) atoms. The van der Waals surface area contributed by atoms with E-state index < -0.39 is 0 Å². The van der Waals surface area contributed by atoms with Crippen molar-refractivity contribution in [2.24, 2.45) is 7.05 Å². The molecule has 0 fully saturated rings. The third kappa shape index (κ3) is 1.76. The van der Waals surface area contributed by atoms with Crippen LogP contribution < -0.4 is 5.32 Å². The van der Waals surface area contributed by atoms with Crippen molar-refractivity contribution in [1.82, 2.24) is 14.9 Å². The Morgan fingerprint density at radius 3 is 2.69 bits per heavy atom. The fraction of sp³-hybridized carbons (Fsp3) is 0.417. The molecule has 0 saturated heterocycles. The van der Waals surface area contributed by atoms with Gasteiger partial charge in [-0.25, -0.2) is 4.98 Å². The van der Waals surface area contributed by atoms with Crippen LogP contribution in [0.15, 0.2) is 16.5 Å². The minimum absolute atomic E-state index is 0.784. The second-order valence-corrected chi connectivity index (χ2v) is 3.95. The van der Waals surface area contributed by atoms with Crippen LogP contribution in [0.2, 0.25) is 0 Å². The molecule has 0 aromatic carbocycles. The Morgan fingerprint density at radius 2 is 2.12 bits per heavy atom. The maximum Gasteiger partial charge on any atom is 0.154 e. The Bertz CT molecular complexity index is 496. The number of rotatable bonds is 3. The molecule has 1 N–H and O–H groups in total. The van der Waals surface area contributed by atoms with Crippen molar-refractivity contribution in [2.45, 2.75) is 20.4 Å². The third-order valence-electron chi connectivity index (χ3n) is 2.76. The molecule has 0 bridgehead atoms. The van der Waals surface area contributed by atoms with E-state index in [0.29, 0.717) is 0 Å². The van der Waals surface area contributed by atoms with Gasteiger partial charge in [0.15, 0.2) is 5.76 Å². The molecule has 0 radical (unpaired) electrons. The van der Waals surface area contributed by atoms with Gasteiger partial charge >= 0.3 is 0 Å². The van der Waals surface area contributed by atoms with Gasteiger partial charge in [0.25, 0.3) is 0 Å². The minimum Gasteiger partial charge on any atom is -0.460 e. The smallest absolute Gasteiger partial charge is 0.154 e. The van der Waals surface area contributed by atoms with Crippen molar-refractivity contribution >= 4 is 0 Å². The zero-order valence-electron chi connectivity index (χ0n) is 10.2. The van der Waals surface area contributed by atoms with E-state index >= 15 is 0 Å². The normalized spacial score (nSPS) is 11.0. The molecule has 0 saturated carbocycles. The average Bonchev–Trinajstić information content (AvgIpc) is 2.78. The molecule has 2 aromatic heterocycles. The van der Waals surface area contributed by atoms with E-state index in [-0.39, 0.29) is 0 Å². The summed E-state index contributed by atoms with van der Waals surface area (Å²) in [5, 5.41) is 3.15. The Kier molecular flexibility index (Phi) is 2.83. The topological polar surface area (TPSA) is 43.0 Å². The highest BCUT2D eigenvalue weighted by molar-refractivity contribution is 5.56. The van der Waals surface area contributed by atoms with Gasteiger partial charge in [0.05, 0.1) is 5.69 Å². The number of hydrogen-bond donors (Lipinski definition) is 1. The zero-order valence-corrected chi connectivity index (χ0v) is 10.2. The first kappa shape index (κ1) is 11.0. The van der Waals surface area contributed by atoms with Crippen molar-refractivity contribution in [3.8, 4) is 11.5 Å². The molecule has 0 amide bonds. The summed E-state index contributed by atoms with van der Waals surface area (Å²) in [5.74, 6) is 2.74. The molecule has 0 aliphatic rings. The summed E-state index contributed by atoms with van der Waals surface area (Å²) >= 11 is 0. The summed E-state index contributed by atoms with van der Waals surface area (Å²) in [6.45, 7) is 4.72. The number of aryl methyl sites for hydroxylation is 2. The molecule has 0 aliphatic heterocycles. The Morgan fingerprint density at radius 1 is 1.38 bits per heavy atom. The van der Waals surface area contributed by atoms with Crippen LogP contribution >= 0.6 is 0 Å². The molecule has 2 heterocycles. The lowest BCUT2D eigenvalue weighted by atomic mass is 10.2. The number of imidazole rings is 1. The summed E-state index contributed by atoms with van der Waals surface area (Å²) in [5.41, 5.74) is 2.08. The maximum absolute atomic E-state index is 5.62. The van der Waals surface area contributed by atoms with Crippen LogP contribution in [0, 0.1) is 13.8 Å². The van der Waals surface area contributed by atoms with Gasteiger partial charge in [0.2, 0.25) is 0 Å².